The van der Waals surface area contributed by atoms with Gasteiger partial charge in [0.15, 0.2) is 0 Å². The van der Waals surface area contributed by atoms with Gasteiger partial charge in [0.25, 0.3) is 5.97 Å². The van der Waals surface area contributed by atoms with Crippen LogP contribution in [0.1, 0.15) is 43.4 Å². The van der Waals surface area contributed by atoms with E-state index in [2.05, 4.69) is 19.2 Å². The van der Waals surface area contributed by atoms with E-state index < -0.39 is 22.1 Å². The van der Waals surface area contributed by atoms with Crippen molar-refractivity contribution >= 4 is 27.5 Å². The first-order chi connectivity index (χ1) is 17.9. The average Bonchev–Trinajstić information content (AvgIpc) is 2.87. The number of aliphatic carboxylic acids is 1. The monoisotopic (exact) mass is 540 g/mol. The smallest absolute Gasteiger partial charge is 0.300 e. The standard InChI is InChI=1S/C26H32N4O3S.C2H4O2/c1-19(2)21-10-14-25(15-11-21)34(32,33)30(17-20-6-4-3-5-7-20)18-24(31)16-29-23-12-8-22(9-13-23)26(27)28;1-2(3)4/h3-15,19,24,29,31H,16-18H2,1-2H3,(H3,27,28);1H3,(H,3,4). The normalized spacial score (nSPS) is 11.9. The maximum Gasteiger partial charge on any atom is 0.300 e. The minimum atomic E-state index is -3.83. The molecule has 3 aromatic carbocycles. The lowest BCUT2D eigenvalue weighted by Crippen LogP contribution is -2.39. The van der Waals surface area contributed by atoms with Gasteiger partial charge in [0.05, 0.1) is 11.0 Å². The number of aliphatic hydroxyl groups is 1. The maximum atomic E-state index is 13.5. The zero-order chi connectivity index (χ0) is 28.3. The molecule has 0 spiro atoms. The summed E-state index contributed by atoms with van der Waals surface area (Å²) in [7, 11) is -3.83. The van der Waals surface area contributed by atoms with Crippen molar-refractivity contribution in [1.82, 2.24) is 4.31 Å². The number of benzene rings is 3. The second-order valence-corrected chi connectivity index (χ2v) is 11.0. The lowest BCUT2D eigenvalue weighted by molar-refractivity contribution is -0.134. The number of carboxylic acid groups (broad SMARTS) is 1. The van der Waals surface area contributed by atoms with Gasteiger partial charge in [-0.3, -0.25) is 10.2 Å². The number of anilines is 1. The van der Waals surface area contributed by atoms with Gasteiger partial charge in [-0.25, -0.2) is 8.42 Å². The summed E-state index contributed by atoms with van der Waals surface area (Å²) in [6.45, 7) is 5.44. The number of aliphatic hydroxyl groups excluding tert-OH is 1. The van der Waals surface area contributed by atoms with Crippen LogP contribution in [0.5, 0.6) is 0 Å². The van der Waals surface area contributed by atoms with Crippen molar-refractivity contribution in [2.45, 2.75) is 44.2 Å². The van der Waals surface area contributed by atoms with E-state index in [4.69, 9.17) is 21.0 Å². The predicted octanol–water partition coefficient (Wildman–Crippen LogP) is 3.85. The van der Waals surface area contributed by atoms with Gasteiger partial charge >= 0.3 is 0 Å². The van der Waals surface area contributed by atoms with Crippen LogP contribution in [0.3, 0.4) is 0 Å². The quantitative estimate of drug-likeness (QED) is 0.183. The van der Waals surface area contributed by atoms with E-state index in [1.165, 1.54) is 4.31 Å². The Hall–Kier alpha value is -3.73. The fourth-order valence-corrected chi connectivity index (χ4v) is 4.98. The van der Waals surface area contributed by atoms with Crippen molar-refractivity contribution in [2.24, 2.45) is 5.73 Å². The third-order valence-electron chi connectivity index (χ3n) is 5.54. The summed E-state index contributed by atoms with van der Waals surface area (Å²) in [5.74, 6) is -0.552. The summed E-state index contributed by atoms with van der Waals surface area (Å²) in [5.41, 5.74) is 8.73. The van der Waals surface area contributed by atoms with Gasteiger partial charge in [0.2, 0.25) is 10.0 Å². The van der Waals surface area contributed by atoms with Crippen molar-refractivity contribution in [3.63, 3.8) is 0 Å². The van der Waals surface area contributed by atoms with E-state index in [1.807, 2.05) is 42.5 Å². The lowest BCUT2D eigenvalue weighted by Gasteiger charge is -2.25. The highest BCUT2D eigenvalue weighted by molar-refractivity contribution is 7.89. The molecule has 0 bridgehead atoms. The van der Waals surface area contributed by atoms with E-state index in [0.717, 1.165) is 23.7 Å². The van der Waals surface area contributed by atoms with Crippen LogP contribution in [0.15, 0.2) is 83.8 Å². The molecule has 3 rings (SSSR count). The van der Waals surface area contributed by atoms with E-state index >= 15 is 0 Å². The van der Waals surface area contributed by atoms with Gasteiger partial charge < -0.3 is 21.3 Å². The largest absolute Gasteiger partial charge is 0.481 e. The Kier molecular flexibility index (Phi) is 11.5. The summed E-state index contributed by atoms with van der Waals surface area (Å²) in [6, 6.07) is 23.2. The topological polar surface area (TPSA) is 157 Å². The first-order valence-electron chi connectivity index (χ1n) is 12.1. The second-order valence-electron chi connectivity index (χ2n) is 9.05. The number of hydrogen-bond donors (Lipinski definition) is 5. The molecule has 204 valence electrons. The van der Waals surface area contributed by atoms with Crippen LogP contribution in [0.2, 0.25) is 0 Å². The van der Waals surface area contributed by atoms with Crippen LogP contribution in [0.25, 0.3) is 0 Å². The molecule has 6 N–H and O–H groups in total. The molecule has 0 saturated heterocycles. The number of carboxylic acids is 1. The number of carbonyl (C=O) groups is 1. The number of nitrogen functional groups attached to an aromatic ring is 1. The second kappa shape index (κ2) is 14.3. The minimum Gasteiger partial charge on any atom is -0.481 e. The molecular weight excluding hydrogens is 504 g/mol. The number of nitrogens with one attached hydrogen (secondary N) is 2. The summed E-state index contributed by atoms with van der Waals surface area (Å²) in [6.07, 6.45) is -0.944. The highest BCUT2D eigenvalue weighted by atomic mass is 32.2. The Morgan fingerprint density at radius 3 is 2.05 bits per heavy atom. The molecule has 0 heterocycles. The van der Waals surface area contributed by atoms with Crippen molar-refractivity contribution in [2.75, 3.05) is 18.4 Å². The third kappa shape index (κ3) is 9.62. The fraction of sp³-hybridized carbons (Fsp3) is 0.286. The van der Waals surface area contributed by atoms with Gasteiger partial charge in [-0.2, -0.15) is 4.31 Å². The van der Waals surface area contributed by atoms with E-state index in [9.17, 15) is 13.5 Å². The molecule has 0 aliphatic heterocycles. The summed E-state index contributed by atoms with van der Waals surface area (Å²) < 4.78 is 28.3. The van der Waals surface area contributed by atoms with Gasteiger partial charge in [-0.15, -0.1) is 0 Å². The number of sulfonamides is 1. The molecule has 10 heteroatoms. The molecule has 0 aromatic heterocycles. The molecule has 0 radical (unpaired) electrons. The molecule has 3 aromatic rings. The van der Waals surface area contributed by atoms with E-state index in [0.29, 0.717) is 11.5 Å². The van der Waals surface area contributed by atoms with Gasteiger partial charge in [-0.1, -0.05) is 56.3 Å². The number of amidine groups is 1. The molecule has 0 fully saturated rings. The molecule has 0 saturated carbocycles. The Bertz CT molecular complexity index is 1280. The average molecular weight is 541 g/mol. The predicted molar refractivity (Wildman–Crippen MR) is 150 cm³/mol. The summed E-state index contributed by atoms with van der Waals surface area (Å²) in [5, 5.41) is 28.7. The minimum absolute atomic E-state index is 0.0187. The molecule has 9 nitrogen and oxygen atoms in total. The van der Waals surface area contributed by atoms with Crippen LogP contribution in [0.4, 0.5) is 5.69 Å². The molecular formula is C28H36N4O5S. The lowest BCUT2D eigenvalue weighted by atomic mass is 10.0. The van der Waals surface area contributed by atoms with Crippen molar-refractivity contribution in [1.29, 1.82) is 5.41 Å². The number of nitrogens with two attached hydrogens (primary N) is 1. The number of nitrogens with zero attached hydrogens (tertiary/aromatic N) is 1. The van der Waals surface area contributed by atoms with Gasteiger partial charge in [0.1, 0.15) is 5.84 Å². The molecule has 38 heavy (non-hydrogen) atoms. The zero-order valence-electron chi connectivity index (χ0n) is 21.8. The van der Waals surface area contributed by atoms with Crippen LogP contribution < -0.4 is 11.1 Å². The van der Waals surface area contributed by atoms with Crippen molar-refractivity contribution < 1.29 is 23.4 Å². The van der Waals surface area contributed by atoms with E-state index in [-0.39, 0.29) is 30.4 Å². The van der Waals surface area contributed by atoms with Crippen molar-refractivity contribution in [3.05, 3.63) is 95.6 Å². The summed E-state index contributed by atoms with van der Waals surface area (Å²) >= 11 is 0. The highest BCUT2D eigenvalue weighted by Gasteiger charge is 2.27. The fourth-order valence-electron chi connectivity index (χ4n) is 3.51. The highest BCUT2D eigenvalue weighted by Crippen LogP contribution is 2.22. The summed E-state index contributed by atoms with van der Waals surface area (Å²) in [4.78, 5) is 9.20. The molecule has 0 amide bonds. The molecule has 1 atom stereocenters. The third-order valence-corrected chi connectivity index (χ3v) is 7.36. The van der Waals surface area contributed by atoms with Crippen LogP contribution in [0, 0.1) is 5.41 Å². The number of rotatable bonds is 11. The van der Waals surface area contributed by atoms with Crippen LogP contribution in [-0.2, 0) is 21.4 Å². The SMILES string of the molecule is CC(=O)O.CC(C)c1ccc(S(=O)(=O)N(Cc2ccccc2)CC(O)CNc2ccc(C(=N)N)cc2)cc1. The Morgan fingerprint density at radius 1 is 1.00 bits per heavy atom. The maximum absolute atomic E-state index is 13.5. The van der Waals surface area contributed by atoms with Crippen LogP contribution in [-0.4, -0.2) is 53.9 Å². The zero-order valence-corrected chi connectivity index (χ0v) is 22.7. The Balaban J connectivity index is 0.00000118. The van der Waals surface area contributed by atoms with Crippen LogP contribution >= 0.6 is 0 Å². The van der Waals surface area contributed by atoms with Crippen molar-refractivity contribution in [3.8, 4) is 0 Å². The molecule has 1 unspecified atom stereocenters. The molecule has 0 aliphatic rings. The number of hydrogen-bond acceptors (Lipinski definition) is 6. The van der Waals surface area contributed by atoms with Gasteiger partial charge in [0, 0.05) is 37.8 Å². The Labute approximate surface area is 224 Å². The van der Waals surface area contributed by atoms with E-state index in [1.54, 1.807) is 36.4 Å². The first-order valence-corrected chi connectivity index (χ1v) is 13.5. The Morgan fingerprint density at radius 2 is 1.55 bits per heavy atom. The first kappa shape index (κ1) is 30.5. The molecule has 0 aliphatic carbocycles. The van der Waals surface area contributed by atoms with Gasteiger partial charge in [-0.05, 0) is 53.4 Å².